The number of carboxylic acid groups (broad SMARTS) is 1. The van der Waals surface area contributed by atoms with Crippen molar-refractivity contribution in [2.45, 2.75) is 6.04 Å². The molecule has 1 aromatic rings. The predicted octanol–water partition coefficient (Wildman–Crippen LogP) is 0.483. The van der Waals surface area contributed by atoms with Gasteiger partial charge in [-0.25, -0.2) is 14.8 Å². The van der Waals surface area contributed by atoms with Gasteiger partial charge in [-0.1, -0.05) is 0 Å². The van der Waals surface area contributed by atoms with Crippen molar-refractivity contribution in [3.05, 3.63) is 18.6 Å². The lowest BCUT2D eigenvalue weighted by Crippen LogP contribution is -2.47. The molecule has 1 unspecified atom stereocenters. The molecule has 1 atom stereocenters. The molecule has 0 radical (unpaired) electrons. The molecule has 2 heterocycles. The van der Waals surface area contributed by atoms with Crippen LogP contribution in [-0.4, -0.2) is 45.1 Å². The Labute approximate surface area is 91.5 Å². The van der Waals surface area contributed by atoms with Crippen molar-refractivity contribution in [1.82, 2.24) is 9.97 Å². The van der Waals surface area contributed by atoms with E-state index < -0.39 is 12.0 Å². The number of aromatic nitrogens is 2. The number of anilines is 1. The standard InChI is InChI=1S/C9H11N3O2S/c13-9(14)7-5-15-4-3-12(7)8-1-2-10-6-11-8/h1-2,6-7H,3-5H2,(H,13,14). The van der Waals surface area contributed by atoms with Gasteiger partial charge in [0.1, 0.15) is 18.2 Å². The van der Waals surface area contributed by atoms with Gasteiger partial charge in [-0.2, -0.15) is 11.8 Å². The fraction of sp³-hybridized carbons (Fsp3) is 0.444. The summed E-state index contributed by atoms with van der Waals surface area (Å²) in [5.74, 6) is 1.45. The Hall–Kier alpha value is -1.30. The average molecular weight is 225 g/mol. The van der Waals surface area contributed by atoms with E-state index in [9.17, 15) is 4.79 Å². The third kappa shape index (κ3) is 2.20. The van der Waals surface area contributed by atoms with Crippen LogP contribution in [0.3, 0.4) is 0 Å². The van der Waals surface area contributed by atoms with Crippen molar-refractivity contribution in [2.24, 2.45) is 0 Å². The summed E-state index contributed by atoms with van der Waals surface area (Å²) >= 11 is 1.66. The Kier molecular flexibility index (Phi) is 3.05. The highest BCUT2D eigenvalue weighted by molar-refractivity contribution is 7.99. The van der Waals surface area contributed by atoms with Gasteiger partial charge < -0.3 is 10.0 Å². The van der Waals surface area contributed by atoms with Crippen LogP contribution in [0.25, 0.3) is 0 Å². The Morgan fingerprint density at radius 1 is 1.67 bits per heavy atom. The first kappa shape index (κ1) is 10.2. The topological polar surface area (TPSA) is 66.3 Å². The summed E-state index contributed by atoms with van der Waals surface area (Å²) in [6.45, 7) is 0.721. The lowest BCUT2D eigenvalue weighted by molar-refractivity contribution is -0.138. The van der Waals surface area contributed by atoms with Crippen LogP contribution in [0.2, 0.25) is 0 Å². The monoisotopic (exact) mass is 225 g/mol. The number of aliphatic carboxylic acids is 1. The van der Waals surface area contributed by atoms with E-state index in [1.807, 2.05) is 4.90 Å². The molecule has 80 valence electrons. The highest BCUT2D eigenvalue weighted by Gasteiger charge is 2.29. The average Bonchev–Trinajstić information content (AvgIpc) is 2.30. The second kappa shape index (κ2) is 4.48. The maximum Gasteiger partial charge on any atom is 0.327 e. The van der Waals surface area contributed by atoms with Crippen LogP contribution in [0.15, 0.2) is 18.6 Å². The molecule has 1 N–H and O–H groups in total. The van der Waals surface area contributed by atoms with Gasteiger partial charge in [-0.05, 0) is 6.07 Å². The minimum atomic E-state index is -0.791. The number of carboxylic acids is 1. The van der Waals surface area contributed by atoms with Crippen LogP contribution in [0.5, 0.6) is 0 Å². The van der Waals surface area contributed by atoms with E-state index in [0.717, 1.165) is 12.3 Å². The second-order valence-electron chi connectivity index (χ2n) is 3.19. The van der Waals surface area contributed by atoms with Crippen LogP contribution in [0, 0.1) is 0 Å². The quantitative estimate of drug-likeness (QED) is 0.790. The lowest BCUT2D eigenvalue weighted by atomic mass is 10.2. The number of thioether (sulfide) groups is 1. The molecule has 2 rings (SSSR count). The lowest BCUT2D eigenvalue weighted by Gasteiger charge is -2.33. The molecule has 1 aliphatic heterocycles. The normalized spacial score (nSPS) is 21.3. The minimum Gasteiger partial charge on any atom is -0.480 e. The number of carbonyl (C=O) groups is 1. The van der Waals surface area contributed by atoms with E-state index in [4.69, 9.17) is 5.11 Å². The largest absolute Gasteiger partial charge is 0.480 e. The summed E-state index contributed by atoms with van der Waals surface area (Å²) in [5.41, 5.74) is 0. The number of nitrogens with zero attached hydrogens (tertiary/aromatic N) is 3. The van der Waals surface area contributed by atoms with Gasteiger partial charge in [0.15, 0.2) is 0 Å². The smallest absolute Gasteiger partial charge is 0.327 e. The zero-order valence-electron chi connectivity index (χ0n) is 8.04. The highest BCUT2D eigenvalue weighted by atomic mass is 32.2. The van der Waals surface area contributed by atoms with E-state index in [0.29, 0.717) is 11.6 Å². The van der Waals surface area contributed by atoms with Gasteiger partial charge in [0.25, 0.3) is 0 Å². The molecule has 5 nitrogen and oxygen atoms in total. The minimum absolute atomic E-state index is 0.473. The molecule has 6 heteroatoms. The SMILES string of the molecule is O=C(O)C1CSCCN1c1ccncn1. The highest BCUT2D eigenvalue weighted by Crippen LogP contribution is 2.21. The molecule has 0 saturated carbocycles. The third-order valence-electron chi connectivity index (χ3n) is 2.27. The Morgan fingerprint density at radius 2 is 2.53 bits per heavy atom. The van der Waals surface area contributed by atoms with E-state index in [2.05, 4.69) is 9.97 Å². The molecule has 0 amide bonds. The number of hydrogen-bond acceptors (Lipinski definition) is 5. The van der Waals surface area contributed by atoms with E-state index >= 15 is 0 Å². The van der Waals surface area contributed by atoms with Gasteiger partial charge >= 0.3 is 5.97 Å². The van der Waals surface area contributed by atoms with Crippen molar-refractivity contribution < 1.29 is 9.90 Å². The fourth-order valence-corrected chi connectivity index (χ4v) is 2.57. The van der Waals surface area contributed by atoms with Crippen molar-refractivity contribution in [2.75, 3.05) is 23.0 Å². The molecule has 1 aromatic heterocycles. The van der Waals surface area contributed by atoms with Crippen LogP contribution in [0.4, 0.5) is 5.82 Å². The van der Waals surface area contributed by atoms with E-state index in [-0.39, 0.29) is 0 Å². The molecule has 1 fully saturated rings. The molecule has 0 aliphatic carbocycles. The number of rotatable bonds is 2. The first-order chi connectivity index (χ1) is 7.29. The van der Waals surface area contributed by atoms with E-state index in [1.165, 1.54) is 6.33 Å². The van der Waals surface area contributed by atoms with Crippen LogP contribution < -0.4 is 4.90 Å². The van der Waals surface area contributed by atoms with Gasteiger partial charge in [-0.3, -0.25) is 0 Å². The second-order valence-corrected chi connectivity index (χ2v) is 4.34. The zero-order valence-corrected chi connectivity index (χ0v) is 8.85. The van der Waals surface area contributed by atoms with Gasteiger partial charge in [0.05, 0.1) is 0 Å². The van der Waals surface area contributed by atoms with Gasteiger partial charge in [0.2, 0.25) is 0 Å². The molecule has 0 aromatic carbocycles. The predicted molar refractivity (Wildman–Crippen MR) is 58.1 cm³/mol. The molecule has 0 spiro atoms. The van der Waals surface area contributed by atoms with Crippen LogP contribution in [0.1, 0.15) is 0 Å². The van der Waals surface area contributed by atoms with E-state index in [1.54, 1.807) is 24.0 Å². The van der Waals surface area contributed by atoms with Crippen molar-refractivity contribution in [3.8, 4) is 0 Å². The molecule has 1 saturated heterocycles. The molecule has 15 heavy (non-hydrogen) atoms. The first-order valence-corrected chi connectivity index (χ1v) is 5.77. The Bertz CT molecular complexity index is 346. The summed E-state index contributed by atoms with van der Waals surface area (Å²) in [6.07, 6.45) is 3.07. The summed E-state index contributed by atoms with van der Waals surface area (Å²) < 4.78 is 0. The maximum absolute atomic E-state index is 11.0. The summed E-state index contributed by atoms with van der Waals surface area (Å²) in [7, 11) is 0. The summed E-state index contributed by atoms with van der Waals surface area (Å²) in [5, 5.41) is 9.07. The molecular weight excluding hydrogens is 214 g/mol. The van der Waals surface area contributed by atoms with Crippen molar-refractivity contribution in [1.29, 1.82) is 0 Å². The molecular formula is C9H11N3O2S. The Morgan fingerprint density at radius 3 is 3.20 bits per heavy atom. The van der Waals surface area contributed by atoms with Crippen LogP contribution >= 0.6 is 11.8 Å². The zero-order chi connectivity index (χ0) is 10.7. The van der Waals surface area contributed by atoms with Gasteiger partial charge in [-0.15, -0.1) is 0 Å². The summed E-state index contributed by atoms with van der Waals surface area (Å²) in [4.78, 5) is 20.8. The van der Waals surface area contributed by atoms with Gasteiger partial charge in [0, 0.05) is 24.2 Å². The maximum atomic E-state index is 11.0. The molecule has 0 bridgehead atoms. The van der Waals surface area contributed by atoms with Crippen LogP contribution in [-0.2, 0) is 4.79 Å². The van der Waals surface area contributed by atoms with Crippen molar-refractivity contribution in [3.63, 3.8) is 0 Å². The summed E-state index contributed by atoms with van der Waals surface area (Å²) in [6, 6.07) is 1.27. The Balaban J connectivity index is 2.22. The fourth-order valence-electron chi connectivity index (χ4n) is 1.54. The first-order valence-electron chi connectivity index (χ1n) is 4.62. The number of hydrogen-bond donors (Lipinski definition) is 1. The van der Waals surface area contributed by atoms with Crippen molar-refractivity contribution >= 4 is 23.5 Å². The third-order valence-corrected chi connectivity index (χ3v) is 3.30. The molecule has 1 aliphatic rings.